The largest absolute Gasteiger partial charge is 0.392 e. The number of likely N-dealkylation sites (N-methyl/N-ethyl adjacent to an activating group) is 1. The molecule has 0 aromatic rings. The summed E-state index contributed by atoms with van der Waals surface area (Å²) in [5.41, 5.74) is 0. The summed E-state index contributed by atoms with van der Waals surface area (Å²) in [4.78, 5) is 2.30. The molecule has 0 amide bonds. The summed E-state index contributed by atoms with van der Waals surface area (Å²) in [5.74, 6) is 0. The number of aliphatic hydroxyl groups excluding tert-OH is 1. The van der Waals surface area contributed by atoms with E-state index in [0.29, 0.717) is 6.04 Å². The van der Waals surface area contributed by atoms with Crippen molar-refractivity contribution >= 4 is 0 Å². The number of likely N-dealkylation sites (tertiary alicyclic amines) is 1. The van der Waals surface area contributed by atoms with E-state index in [-0.39, 0.29) is 6.10 Å². The average Bonchev–Trinajstić information content (AvgIpc) is 2.10. The van der Waals surface area contributed by atoms with E-state index < -0.39 is 0 Å². The Hall–Kier alpha value is -0.0800. The summed E-state index contributed by atoms with van der Waals surface area (Å²) in [6.07, 6.45) is 0.883. The Labute approximate surface area is 56.5 Å². The Morgan fingerprint density at radius 3 is 2.56 bits per heavy atom. The third-order valence-corrected chi connectivity index (χ3v) is 2.09. The topological polar surface area (TPSA) is 23.5 Å². The van der Waals surface area contributed by atoms with Gasteiger partial charge in [-0.3, -0.25) is 4.90 Å². The molecular weight excluding hydrogens is 114 g/mol. The summed E-state index contributed by atoms with van der Waals surface area (Å²) in [6, 6.07) is 0.588. The van der Waals surface area contributed by atoms with Crippen LogP contribution in [-0.4, -0.2) is 35.2 Å². The van der Waals surface area contributed by atoms with Crippen molar-refractivity contribution in [1.82, 2.24) is 4.90 Å². The van der Waals surface area contributed by atoms with Crippen LogP contribution in [0.2, 0.25) is 0 Å². The van der Waals surface area contributed by atoms with E-state index in [1.807, 2.05) is 0 Å². The lowest BCUT2D eigenvalue weighted by Gasteiger charge is -2.16. The van der Waals surface area contributed by atoms with Gasteiger partial charge in [-0.1, -0.05) is 6.92 Å². The van der Waals surface area contributed by atoms with Gasteiger partial charge in [0.25, 0.3) is 0 Å². The van der Waals surface area contributed by atoms with Crippen molar-refractivity contribution in [2.45, 2.75) is 32.4 Å². The van der Waals surface area contributed by atoms with Gasteiger partial charge in [-0.2, -0.15) is 0 Å². The molecule has 1 saturated heterocycles. The van der Waals surface area contributed by atoms with E-state index in [0.717, 1.165) is 19.5 Å². The molecule has 2 unspecified atom stereocenters. The fraction of sp³-hybridized carbons (Fsp3) is 1.00. The Morgan fingerprint density at radius 1 is 1.67 bits per heavy atom. The normalized spacial score (nSPS) is 37.7. The van der Waals surface area contributed by atoms with E-state index in [1.165, 1.54) is 0 Å². The van der Waals surface area contributed by atoms with Crippen LogP contribution in [0.1, 0.15) is 20.3 Å². The van der Waals surface area contributed by atoms with Crippen LogP contribution in [0.5, 0.6) is 0 Å². The highest BCUT2D eigenvalue weighted by Crippen LogP contribution is 2.15. The predicted octanol–water partition coefficient (Wildman–Crippen LogP) is 0.461. The molecule has 0 spiro atoms. The maximum atomic E-state index is 9.16. The molecule has 9 heavy (non-hydrogen) atoms. The molecule has 1 rings (SSSR count). The van der Waals surface area contributed by atoms with Gasteiger partial charge in [0.05, 0.1) is 6.10 Å². The molecule has 2 atom stereocenters. The third-order valence-electron chi connectivity index (χ3n) is 2.09. The van der Waals surface area contributed by atoms with Crippen LogP contribution in [0.3, 0.4) is 0 Å². The number of nitrogens with zero attached hydrogens (tertiary/aromatic N) is 1. The van der Waals surface area contributed by atoms with Crippen LogP contribution >= 0.6 is 0 Å². The molecule has 54 valence electrons. The van der Waals surface area contributed by atoms with Crippen molar-refractivity contribution in [3.8, 4) is 0 Å². The first-order valence-corrected chi connectivity index (χ1v) is 3.66. The third kappa shape index (κ3) is 1.43. The molecule has 0 radical (unpaired) electrons. The molecule has 1 aliphatic heterocycles. The molecule has 1 heterocycles. The number of aliphatic hydroxyl groups is 1. The molecule has 0 aromatic heterocycles. The van der Waals surface area contributed by atoms with Gasteiger partial charge in [-0.15, -0.1) is 0 Å². The first-order chi connectivity index (χ1) is 4.24. The molecule has 0 saturated carbocycles. The van der Waals surface area contributed by atoms with Gasteiger partial charge < -0.3 is 5.11 Å². The second-order valence-corrected chi connectivity index (χ2v) is 2.83. The van der Waals surface area contributed by atoms with Gasteiger partial charge in [0, 0.05) is 12.6 Å². The van der Waals surface area contributed by atoms with E-state index in [2.05, 4.69) is 18.7 Å². The van der Waals surface area contributed by atoms with E-state index in [4.69, 9.17) is 5.11 Å². The number of β-amino-alcohol motifs (C(OH)–C–C–N with tert-alkyl or cyclic N) is 1. The Bertz CT molecular complexity index is 94.9. The summed E-state index contributed by atoms with van der Waals surface area (Å²) >= 11 is 0. The fourth-order valence-corrected chi connectivity index (χ4v) is 1.51. The minimum atomic E-state index is -0.0695. The standard InChI is InChI=1S/C7H15NO/c1-3-8-5-7(9)4-6(8)2/h6-7,9H,3-5H2,1-2H3. The molecule has 1 aliphatic rings. The van der Waals surface area contributed by atoms with Crippen LogP contribution in [0.15, 0.2) is 0 Å². The summed E-state index contributed by atoms with van der Waals surface area (Å²) in [6.45, 7) is 6.24. The van der Waals surface area contributed by atoms with Gasteiger partial charge in [0.1, 0.15) is 0 Å². The lowest BCUT2D eigenvalue weighted by molar-refractivity contribution is 0.177. The minimum Gasteiger partial charge on any atom is -0.392 e. The second kappa shape index (κ2) is 2.67. The quantitative estimate of drug-likeness (QED) is 0.556. The fourth-order valence-electron chi connectivity index (χ4n) is 1.51. The molecule has 0 bridgehead atoms. The van der Waals surface area contributed by atoms with E-state index in [1.54, 1.807) is 0 Å². The first kappa shape index (κ1) is 7.03. The van der Waals surface area contributed by atoms with Crippen molar-refractivity contribution in [2.24, 2.45) is 0 Å². The lowest BCUT2D eigenvalue weighted by Crippen LogP contribution is -2.26. The summed E-state index contributed by atoms with van der Waals surface area (Å²) in [7, 11) is 0. The number of hydrogen-bond donors (Lipinski definition) is 1. The van der Waals surface area contributed by atoms with Crippen molar-refractivity contribution in [3.05, 3.63) is 0 Å². The second-order valence-electron chi connectivity index (χ2n) is 2.83. The smallest absolute Gasteiger partial charge is 0.0682 e. The Morgan fingerprint density at radius 2 is 2.33 bits per heavy atom. The summed E-state index contributed by atoms with van der Waals surface area (Å²) in [5, 5.41) is 9.16. The SMILES string of the molecule is CCN1CC(O)CC1C. The molecule has 0 aromatic carbocycles. The van der Waals surface area contributed by atoms with E-state index >= 15 is 0 Å². The molecule has 1 N–H and O–H groups in total. The summed E-state index contributed by atoms with van der Waals surface area (Å²) < 4.78 is 0. The van der Waals surface area contributed by atoms with Crippen molar-refractivity contribution in [1.29, 1.82) is 0 Å². The highest BCUT2D eigenvalue weighted by atomic mass is 16.3. The molecule has 2 nitrogen and oxygen atoms in total. The zero-order valence-corrected chi connectivity index (χ0v) is 6.17. The lowest BCUT2D eigenvalue weighted by atomic mass is 10.2. The average molecular weight is 129 g/mol. The monoisotopic (exact) mass is 129 g/mol. The minimum absolute atomic E-state index is 0.0695. The zero-order valence-electron chi connectivity index (χ0n) is 6.17. The maximum Gasteiger partial charge on any atom is 0.0682 e. The molecule has 2 heteroatoms. The van der Waals surface area contributed by atoms with Crippen molar-refractivity contribution in [2.75, 3.05) is 13.1 Å². The van der Waals surface area contributed by atoms with Gasteiger partial charge in [-0.25, -0.2) is 0 Å². The van der Waals surface area contributed by atoms with Gasteiger partial charge in [0.2, 0.25) is 0 Å². The molecule has 1 fully saturated rings. The molecule has 0 aliphatic carbocycles. The van der Waals surface area contributed by atoms with E-state index in [9.17, 15) is 0 Å². The van der Waals surface area contributed by atoms with Gasteiger partial charge >= 0.3 is 0 Å². The Kier molecular flexibility index (Phi) is 2.09. The Balaban J connectivity index is 2.38. The highest BCUT2D eigenvalue weighted by molar-refractivity contribution is 4.80. The van der Waals surface area contributed by atoms with Gasteiger partial charge in [0.15, 0.2) is 0 Å². The van der Waals surface area contributed by atoms with Crippen LogP contribution in [0, 0.1) is 0 Å². The zero-order chi connectivity index (χ0) is 6.85. The van der Waals surface area contributed by atoms with Crippen LogP contribution in [0.4, 0.5) is 0 Å². The van der Waals surface area contributed by atoms with Crippen LogP contribution in [-0.2, 0) is 0 Å². The number of rotatable bonds is 1. The number of hydrogen-bond acceptors (Lipinski definition) is 2. The van der Waals surface area contributed by atoms with Crippen LogP contribution in [0.25, 0.3) is 0 Å². The first-order valence-electron chi connectivity index (χ1n) is 3.66. The highest BCUT2D eigenvalue weighted by Gasteiger charge is 2.25. The van der Waals surface area contributed by atoms with Crippen LogP contribution < -0.4 is 0 Å². The van der Waals surface area contributed by atoms with Crippen molar-refractivity contribution < 1.29 is 5.11 Å². The molecular formula is C7H15NO. The maximum absolute atomic E-state index is 9.16. The van der Waals surface area contributed by atoms with Gasteiger partial charge in [-0.05, 0) is 19.9 Å². The van der Waals surface area contributed by atoms with Crippen molar-refractivity contribution in [3.63, 3.8) is 0 Å². The predicted molar refractivity (Wildman–Crippen MR) is 37.3 cm³/mol.